The van der Waals surface area contributed by atoms with Gasteiger partial charge in [0.15, 0.2) is 0 Å². The van der Waals surface area contributed by atoms with Gasteiger partial charge in [-0.3, -0.25) is 0 Å². The summed E-state index contributed by atoms with van der Waals surface area (Å²) in [6, 6.07) is 17.6. The molecule has 0 radical (unpaired) electrons. The smallest absolute Gasteiger partial charge is 0.0132 e. The molecule has 0 nitrogen and oxygen atoms in total. The van der Waals surface area contributed by atoms with Crippen molar-refractivity contribution < 1.29 is 0 Å². The highest BCUT2D eigenvalue weighted by Gasteiger charge is 2.12. The third kappa shape index (κ3) is 5.25. The summed E-state index contributed by atoms with van der Waals surface area (Å²) >= 11 is 0. The first-order valence-corrected chi connectivity index (χ1v) is 8.41. The van der Waals surface area contributed by atoms with Crippen LogP contribution in [0.2, 0.25) is 0 Å². The van der Waals surface area contributed by atoms with Gasteiger partial charge in [-0.25, -0.2) is 0 Å². The first-order valence-electron chi connectivity index (χ1n) is 8.41. The molecular formula is C23H28. The van der Waals surface area contributed by atoms with Gasteiger partial charge in [-0.05, 0) is 33.6 Å². The fourth-order valence-corrected chi connectivity index (χ4v) is 2.42. The molecule has 0 saturated heterocycles. The van der Waals surface area contributed by atoms with E-state index in [0.717, 1.165) is 0 Å². The average molecular weight is 304 g/mol. The monoisotopic (exact) mass is 304 g/mol. The maximum atomic E-state index is 2.24. The third-order valence-corrected chi connectivity index (χ3v) is 4.07. The lowest BCUT2D eigenvalue weighted by molar-refractivity contribution is 0.590. The van der Waals surface area contributed by atoms with Gasteiger partial charge in [-0.2, -0.15) is 0 Å². The molecule has 0 aliphatic carbocycles. The highest BCUT2D eigenvalue weighted by molar-refractivity contribution is 5.57. The Labute approximate surface area is 141 Å². The van der Waals surface area contributed by atoms with E-state index in [1.807, 2.05) is 0 Å². The minimum absolute atomic E-state index is 0.213. The number of hydrogen-bond acceptors (Lipinski definition) is 0. The lowest BCUT2D eigenvalue weighted by Gasteiger charge is -2.18. The molecule has 0 aliphatic rings. The Morgan fingerprint density at radius 2 is 1.13 bits per heavy atom. The summed E-state index contributed by atoms with van der Waals surface area (Å²) in [4.78, 5) is 0. The zero-order valence-electron chi connectivity index (χ0n) is 15.0. The molecule has 0 atom stereocenters. The summed E-state index contributed by atoms with van der Waals surface area (Å²) in [5.41, 5.74) is 5.44. The third-order valence-electron chi connectivity index (χ3n) is 4.07. The van der Waals surface area contributed by atoms with Crippen molar-refractivity contribution in [1.82, 2.24) is 0 Å². The molecule has 0 heterocycles. The molecule has 0 amide bonds. The predicted molar refractivity (Wildman–Crippen MR) is 104 cm³/mol. The molecule has 0 unspecified atom stereocenters. The van der Waals surface area contributed by atoms with Gasteiger partial charge in [0, 0.05) is 0 Å². The summed E-state index contributed by atoms with van der Waals surface area (Å²) in [5.74, 6) is 0.587. The second-order valence-electron chi connectivity index (χ2n) is 7.41. The minimum atomic E-state index is 0.213. The largest absolute Gasteiger partial charge is 0.0617 e. The SMILES string of the molecule is CC(C)c1ccc(C=CC=Cc2ccc(C(C)(C)C)cc2)cc1. The maximum Gasteiger partial charge on any atom is -0.0132 e. The molecule has 0 bridgehead atoms. The molecule has 0 heteroatoms. The van der Waals surface area contributed by atoms with Crippen molar-refractivity contribution in [1.29, 1.82) is 0 Å². The highest BCUT2D eigenvalue weighted by atomic mass is 14.2. The number of allylic oxidation sites excluding steroid dienone is 2. The van der Waals surface area contributed by atoms with E-state index in [-0.39, 0.29) is 5.41 Å². The van der Waals surface area contributed by atoms with E-state index in [4.69, 9.17) is 0 Å². The lowest BCUT2D eigenvalue weighted by atomic mass is 9.87. The van der Waals surface area contributed by atoms with Crippen molar-refractivity contribution in [2.75, 3.05) is 0 Å². The van der Waals surface area contributed by atoms with E-state index in [2.05, 4.69) is 107 Å². The second kappa shape index (κ2) is 7.46. The zero-order valence-corrected chi connectivity index (χ0v) is 15.0. The van der Waals surface area contributed by atoms with Crippen molar-refractivity contribution in [3.8, 4) is 0 Å². The Balaban J connectivity index is 1.98. The van der Waals surface area contributed by atoms with Crippen LogP contribution in [0.5, 0.6) is 0 Å². The Hall–Kier alpha value is -2.08. The molecular weight excluding hydrogens is 276 g/mol. The van der Waals surface area contributed by atoms with Gasteiger partial charge in [0.25, 0.3) is 0 Å². The number of rotatable bonds is 4. The fourth-order valence-electron chi connectivity index (χ4n) is 2.42. The van der Waals surface area contributed by atoms with E-state index in [1.165, 1.54) is 22.3 Å². The van der Waals surface area contributed by atoms with Crippen molar-refractivity contribution in [3.05, 3.63) is 82.9 Å². The number of benzene rings is 2. The Morgan fingerprint density at radius 1 is 0.696 bits per heavy atom. The van der Waals surface area contributed by atoms with Gasteiger partial charge in [-0.15, -0.1) is 0 Å². The van der Waals surface area contributed by atoms with Gasteiger partial charge >= 0.3 is 0 Å². The average Bonchev–Trinajstić information content (AvgIpc) is 2.51. The molecule has 0 saturated carbocycles. The molecule has 2 aromatic carbocycles. The summed E-state index contributed by atoms with van der Waals surface area (Å²) in [6.07, 6.45) is 8.49. The second-order valence-corrected chi connectivity index (χ2v) is 7.41. The van der Waals surface area contributed by atoms with Crippen molar-refractivity contribution in [2.24, 2.45) is 0 Å². The molecule has 0 spiro atoms. The molecule has 0 fully saturated rings. The molecule has 0 aromatic heterocycles. The van der Waals surface area contributed by atoms with Crippen molar-refractivity contribution in [3.63, 3.8) is 0 Å². The summed E-state index contributed by atoms with van der Waals surface area (Å²) in [5, 5.41) is 0. The van der Waals surface area contributed by atoms with Crippen LogP contribution in [0.3, 0.4) is 0 Å². The van der Waals surface area contributed by atoms with E-state index in [0.29, 0.717) is 5.92 Å². The van der Waals surface area contributed by atoms with Crippen LogP contribution in [0.4, 0.5) is 0 Å². The topological polar surface area (TPSA) is 0 Å². The van der Waals surface area contributed by atoms with E-state index >= 15 is 0 Å². The van der Waals surface area contributed by atoms with Gasteiger partial charge in [0.2, 0.25) is 0 Å². The molecule has 2 aromatic rings. The van der Waals surface area contributed by atoms with Crippen LogP contribution in [0.15, 0.2) is 60.7 Å². The first-order chi connectivity index (χ1) is 10.9. The quantitative estimate of drug-likeness (QED) is 0.543. The highest BCUT2D eigenvalue weighted by Crippen LogP contribution is 2.22. The maximum absolute atomic E-state index is 2.24. The normalized spacial score (nSPS) is 12.6. The van der Waals surface area contributed by atoms with Gasteiger partial charge < -0.3 is 0 Å². The Kier molecular flexibility index (Phi) is 5.60. The molecule has 120 valence electrons. The minimum Gasteiger partial charge on any atom is -0.0617 e. The Bertz CT molecular complexity index is 659. The van der Waals surface area contributed by atoms with E-state index in [1.54, 1.807) is 0 Å². The van der Waals surface area contributed by atoms with E-state index < -0.39 is 0 Å². The molecule has 23 heavy (non-hydrogen) atoms. The summed E-state index contributed by atoms with van der Waals surface area (Å²) < 4.78 is 0. The van der Waals surface area contributed by atoms with Gasteiger partial charge in [-0.1, -0.05) is 107 Å². The molecule has 0 aliphatic heterocycles. The molecule has 0 N–H and O–H groups in total. The van der Waals surface area contributed by atoms with Crippen LogP contribution in [0.1, 0.15) is 62.8 Å². The van der Waals surface area contributed by atoms with Crippen molar-refractivity contribution >= 4 is 12.2 Å². The standard InChI is InChI=1S/C23H28/c1-18(2)21-14-10-19(11-15-21)8-6-7-9-20-12-16-22(17-13-20)23(3,4)5/h6-18H,1-5H3. The van der Waals surface area contributed by atoms with Crippen LogP contribution in [0, 0.1) is 0 Å². The summed E-state index contributed by atoms with van der Waals surface area (Å²) in [7, 11) is 0. The van der Waals surface area contributed by atoms with Gasteiger partial charge in [0.05, 0.1) is 0 Å². The lowest BCUT2D eigenvalue weighted by Crippen LogP contribution is -2.10. The Morgan fingerprint density at radius 3 is 1.52 bits per heavy atom. The van der Waals surface area contributed by atoms with Crippen LogP contribution in [0.25, 0.3) is 12.2 Å². The zero-order chi connectivity index (χ0) is 16.9. The first kappa shape index (κ1) is 17.3. The number of hydrogen-bond donors (Lipinski definition) is 0. The summed E-state index contributed by atoms with van der Waals surface area (Å²) in [6.45, 7) is 11.2. The van der Waals surface area contributed by atoms with Crippen LogP contribution in [-0.2, 0) is 5.41 Å². The van der Waals surface area contributed by atoms with Crippen LogP contribution >= 0.6 is 0 Å². The van der Waals surface area contributed by atoms with Crippen LogP contribution < -0.4 is 0 Å². The van der Waals surface area contributed by atoms with Gasteiger partial charge in [0.1, 0.15) is 0 Å². The molecule has 2 rings (SSSR count). The van der Waals surface area contributed by atoms with E-state index in [9.17, 15) is 0 Å². The predicted octanol–water partition coefficient (Wildman–Crippen LogP) is 6.83. The fraction of sp³-hybridized carbons (Fsp3) is 0.304. The van der Waals surface area contributed by atoms with Crippen molar-refractivity contribution in [2.45, 2.75) is 46.0 Å². The van der Waals surface area contributed by atoms with Crippen LogP contribution in [-0.4, -0.2) is 0 Å².